The Hall–Kier alpha value is -1.02. The lowest BCUT2D eigenvalue weighted by atomic mass is 9.93. The molecule has 3 heterocycles. The van der Waals surface area contributed by atoms with Crippen molar-refractivity contribution < 1.29 is 9.53 Å². The zero-order chi connectivity index (χ0) is 19.2. The topological polar surface area (TPSA) is 57.7 Å². The first-order valence-corrected chi connectivity index (χ1v) is 11.0. The fraction of sp³-hybridized carbons (Fsp3) is 0.800. The summed E-state index contributed by atoms with van der Waals surface area (Å²) >= 11 is 1.83. The van der Waals surface area contributed by atoms with E-state index in [1.807, 2.05) is 11.3 Å². The van der Waals surface area contributed by atoms with Gasteiger partial charge in [-0.15, -0.1) is 11.3 Å². The number of carbonyl (C=O) groups is 1. The van der Waals surface area contributed by atoms with E-state index in [-0.39, 0.29) is 11.8 Å². The van der Waals surface area contributed by atoms with Gasteiger partial charge in [-0.3, -0.25) is 14.6 Å². The summed E-state index contributed by atoms with van der Waals surface area (Å²) in [6, 6.07) is 0.621. The van der Waals surface area contributed by atoms with Crippen LogP contribution in [0.2, 0.25) is 0 Å². The van der Waals surface area contributed by atoms with Gasteiger partial charge in [-0.25, -0.2) is 4.98 Å². The molecule has 1 unspecified atom stereocenters. The maximum atomic E-state index is 12.4. The molecule has 1 N–H and O–H groups in total. The average Bonchev–Trinajstić information content (AvgIpc) is 2.99. The number of aryl methyl sites for hydroxylation is 2. The summed E-state index contributed by atoms with van der Waals surface area (Å²) in [6.07, 6.45) is 4.53. The van der Waals surface area contributed by atoms with Crippen LogP contribution >= 0.6 is 11.3 Å². The minimum Gasteiger partial charge on any atom is -0.383 e. The van der Waals surface area contributed by atoms with E-state index in [2.05, 4.69) is 33.9 Å². The second kappa shape index (κ2) is 9.96. The molecule has 0 bridgehead atoms. The first-order valence-electron chi connectivity index (χ1n) is 10.2. The number of hydrogen-bond donors (Lipinski definition) is 1. The predicted octanol–water partition coefficient (Wildman–Crippen LogP) is 2.20. The minimum atomic E-state index is 0.134. The van der Waals surface area contributed by atoms with Crippen LogP contribution in [0.5, 0.6) is 0 Å². The van der Waals surface area contributed by atoms with Crippen molar-refractivity contribution in [1.29, 1.82) is 0 Å². The van der Waals surface area contributed by atoms with E-state index in [9.17, 15) is 4.79 Å². The van der Waals surface area contributed by atoms with E-state index < -0.39 is 0 Å². The Kier molecular flexibility index (Phi) is 7.64. The Morgan fingerprint density at radius 3 is 2.70 bits per heavy atom. The highest BCUT2D eigenvalue weighted by Crippen LogP contribution is 2.25. The predicted molar refractivity (Wildman–Crippen MR) is 109 cm³/mol. The molecule has 7 heteroatoms. The molecule has 1 aromatic heterocycles. The molecular weight excluding hydrogens is 360 g/mol. The first-order chi connectivity index (χ1) is 13.1. The molecule has 0 aromatic carbocycles. The third kappa shape index (κ3) is 5.73. The molecule has 0 radical (unpaired) electrons. The van der Waals surface area contributed by atoms with Crippen molar-refractivity contribution in [2.75, 3.05) is 46.4 Å². The smallest absolute Gasteiger partial charge is 0.224 e. The highest BCUT2D eigenvalue weighted by Gasteiger charge is 2.31. The third-order valence-corrected chi connectivity index (χ3v) is 6.99. The second-order valence-electron chi connectivity index (χ2n) is 7.87. The Labute approximate surface area is 167 Å². The standard InChI is InChI=1S/C20H34N4O2S/c1-15-16(2)27-19(22-15)14-23-10-6-18(7-11-23)24-9-4-5-17(13-24)20(25)21-8-12-26-3/h17-18H,4-14H2,1-3H3,(H,21,25). The number of rotatable bonds is 7. The van der Waals surface area contributed by atoms with Gasteiger partial charge in [0.05, 0.1) is 24.8 Å². The van der Waals surface area contributed by atoms with Gasteiger partial charge >= 0.3 is 0 Å². The third-order valence-electron chi connectivity index (χ3n) is 5.93. The van der Waals surface area contributed by atoms with E-state index in [0.717, 1.165) is 45.6 Å². The Morgan fingerprint density at radius 2 is 2.04 bits per heavy atom. The zero-order valence-electron chi connectivity index (χ0n) is 17.0. The molecule has 1 amide bonds. The Morgan fingerprint density at radius 1 is 1.26 bits per heavy atom. The molecule has 0 saturated carbocycles. The molecule has 152 valence electrons. The van der Waals surface area contributed by atoms with E-state index in [1.165, 1.54) is 28.4 Å². The summed E-state index contributed by atoms with van der Waals surface area (Å²) in [7, 11) is 1.66. The maximum absolute atomic E-state index is 12.4. The van der Waals surface area contributed by atoms with Gasteiger partial charge in [0.1, 0.15) is 5.01 Å². The number of nitrogens with one attached hydrogen (secondary N) is 1. The van der Waals surface area contributed by atoms with Gasteiger partial charge in [0, 0.05) is 44.2 Å². The van der Waals surface area contributed by atoms with Crippen LogP contribution in [-0.2, 0) is 16.1 Å². The van der Waals surface area contributed by atoms with Crippen molar-refractivity contribution >= 4 is 17.2 Å². The monoisotopic (exact) mass is 394 g/mol. The molecule has 3 rings (SSSR count). The van der Waals surface area contributed by atoms with Crippen LogP contribution in [0, 0.1) is 19.8 Å². The molecular formula is C20H34N4O2S. The largest absolute Gasteiger partial charge is 0.383 e. The van der Waals surface area contributed by atoms with Crippen molar-refractivity contribution in [3.63, 3.8) is 0 Å². The zero-order valence-corrected chi connectivity index (χ0v) is 17.8. The molecule has 0 aliphatic carbocycles. The number of carbonyl (C=O) groups excluding carboxylic acids is 1. The Balaban J connectivity index is 1.43. The Bertz CT molecular complexity index is 594. The SMILES string of the molecule is COCCNC(=O)C1CCCN(C2CCN(Cc3nc(C)c(C)s3)CC2)C1. The fourth-order valence-corrected chi connectivity index (χ4v) is 5.19. The number of aromatic nitrogens is 1. The molecule has 2 aliphatic heterocycles. The van der Waals surface area contributed by atoms with Crippen molar-refractivity contribution in [3.05, 3.63) is 15.6 Å². The van der Waals surface area contributed by atoms with E-state index >= 15 is 0 Å². The number of piperidine rings is 2. The van der Waals surface area contributed by atoms with Crippen LogP contribution in [0.15, 0.2) is 0 Å². The van der Waals surface area contributed by atoms with Gasteiger partial charge in [-0.2, -0.15) is 0 Å². The summed E-state index contributed by atoms with van der Waals surface area (Å²) in [4.78, 5) is 23.5. The lowest BCUT2D eigenvalue weighted by Gasteiger charge is -2.41. The normalized spacial score (nSPS) is 22.9. The van der Waals surface area contributed by atoms with Crippen LogP contribution in [0.1, 0.15) is 41.3 Å². The van der Waals surface area contributed by atoms with Crippen molar-refractivity contribution in [2.45, 2.75) is 52.1 Å². The number of thiazole rings is 1. The maximum Gasteiger partial charge on any atom is 0.224 e. The van der Waals surface area contributed by atoms with E-state index in [4.69, 9.17) is 4.74 Å². The fourth-order valence-electron chi connectivity index (χ4n) is 4.21. The first kappa shape index (κ1) is 20.7. The molecule has 2 saturated heterocycles. The quantitative estimate of drug-likeness (QED) is 0.719. The van der Waals surface area contributed by atoms with Gasteiger partial charge in [0.25, 0.3) is 0 Å². The number of methoxy groups -OCH3 is 1. The summed E-state index contributed by atoms with van der Waals surface area (Å²) in [5, 5.41) is 4.26. The van der Waals surface area contributed by atoms with Crippen molar-refractivity contribution in [3.8, 4) is 0 Å². The number of nitrogens with zero attached hydrogens (tertiary/aromatic N) is 3. The van der Waals surface area contributed by atoms with Gasteiger partial charge < -0.3 is 10.1 Å². The lowest BCUT2D eigenvalue weighted by Crippen LogP contribution is -2.50. The second-order valence-corrected chi connectivity index (χ2v) is 9.16. The lowest BCUT2D eigenvalue weighted by molar-refractivity contribution is -0.127. The van der Waals surface area contributed by atoms with Gasteiger partial charge in [-0.1, -0.05) is 0 Å². The highest BCUT2D eigenvalue weighted by atomic mass is 32.1. The molecule has 2 fully saturated rings. The molecule has 0 spiro atoms. The molecule has 1 atom stereocenters. The number of hydrogen-bond acceptors (Lipinski definition) is 6. The van der Waals surface area contributed by atoms with Crippen LogP contribution in [0.3, 0.4) is 0 Å². The van der Waals surface area contributed by atoms with E-state index in [1.54, 1.807) is 7.11 Å². The van der Waals surface area contributed by atoms with Crippen LogP contribution in [0.25, 0.3) is 0 Å². The van der Waals surface area contributed by atoms with Gasteiger partial charge in [0.15, 0.2) is 0 Å². The van der Waals surface area contributed by atoms with Crippen LogP contribution in [0.4, 0.5) is 0 Å². The summed E-state index contributed by atoms with van der Waals surface area (Å²) in [5.74, 6) is 0.332. The van der Waals surface area contributed by atoms with Crippen molar-refractivity contribution in [2.24, 2.45) is 5.92 Å². The van der Waals surface area contributed by atoms with Gasteiger partial charge in [-0.05, 0) is 46.1 Å². The van der Waals surface area contributed by atoms with Crippen LogP contribution in [-0.4, -0.2) is 73.2 Å². The highest BCUT2D eigenvalue weighted by molar-refractivity contribution is 7.11. The summed E-state index contributed by atoms with van der Waals surface area (Å²) in [5.41, 5.74) is 1.17. The summed E-state index contributed by atoms with van der Waals surface area (Å²) in [6.45, 7) is 10.7. The number of ether oxygens (including phenoxy) is 1. The van der Waals surface area contributed by atoms with Crippen LogP contribution < -0.4 is 5.32 Å². The number of likely N-dealkylation sites (tertiary alicyclic amines) is 2. The summed E-state index contributed by atoms with van der Waals surface area (Å²) < 4.78 is 5.02. The van der Waals surface area contributed by atoms with Crippen molar-refractivity contribution in [1.82, 2.24) is 20.1 Å². The van der Waals surface area contributed by atoms with E-state index in [0.29, 0.717) is 19.2 Å². The van der Waals surface area contributed by atoms with Gasteiger partial charge in [0.2, 0.25) is 5.91 Å². The minimum absolute atomic E-state index is 0.134. The molecule has 6 nitrogen and oxygen atoms in total. The number of amides is 1. The molecule has 27 heavy (non-hydrogen) atoms. The molecule has 2 aliphatic rings. The molecule has 1 aromatic rings. The average molecular weight is 395 g/mol.